The second-order valence-electron chi connectivity index (χ2n) is 5.13. The van der Waals surface area contributed by atoms with E-state index in [-0.39, 0.29) is 18.1 Å². The van der Waals surface area contributed by atoms with Crippen LogP contribution in [0.2, 0.25) is 5.02 Å². The van der Waals surface area contributed by atoms with Gasteiger partial charge in [-0.1, -0.05) is 29.8 Å². The van der Waals surface area contributed by atoms with Crippen molar-refractivity contribution in [3.05, 3.63) is 64.4 Å². The molecule has 0 spiro atoms. The van der Waals surface area contributed by atoms with Gasteiger partial charge in [0, 0.05) is 28.6 Å². The van der Waals surface area contributed by atoms with E-state index in [2.05, 4.69) is 5.32 Å². The van der Waals surface area contributed by atoms with Crippen molar-refractivity contribution >= 4 is 29.3 Å². The van der Waals surface area contributed by atoms with Crippen molar-refractivity contribution in [2.24, 2.45) is 0 Å². The quantitative estimate of drug-likeness (QED) is 0.714. The van der Waals surface area contributed by atoms with Gasteiger partial charge in [0.15, 0.2) is 0 Å². The van der Waals surface area contributed by atoms with Crippen molar-refractivity contribution in [3.8, 4) is 5.75 Å². The molecule has 0 atom stereocenters. The number of carbonyl (C=O) groups excluding carboxylic acids is 1. The topological polar surface area (TPSA) is 38.3 Å². The lowest BCUT2D eigenvalue weighted by atomic mass is 10.1. The smallest absolute Gasteiger partial charge is 0.224 e. The maximum Gasteiger partial charge on any atom is 0.224 e. The highest BCUT2D eigenvalue weighted by atomic mass is 35.5. The number of carbonyl (C=O) groups is 1. The summed E-state index contributed by atoms with van der Waals surface area (Å²) in [5.41, 5.74) is 1.43. The number of hydrogen-bond donors (Lipinski definition) is 1. The van der Waals surface area contributed by atoms with E-state index in [0.717, 1.165) is 5.56 Å². The second-order valence-corrected chi connectivity index (χ2v) is 6.67. The zero-order valence-corrected chi connectivity index (χ0v) is 14.9. The minimum Gasteiger partial charge on any atom is -0.496 e. The number of hydrogen-bond acceptors (Lipinski definition) is 3. The lowest BCUT2D eigenvalue weighted by Gasteiger charge is -2.09. The highest BCUT2D eigenvalue weighted by molar-refractivity contribution is 7.98. The van der Waals surface area contributed by atoms with E-state index in [1.54, 1.807) is 49.2 Å². The molecule has 2 rings (SSSR count). The predicted octanol–water partition coefficient (Wildman–Crippen LogP) is 4.08. The predicted molar refractivity (Wildman–Crippen MR) is 97.3 cm³/mol. The summed E-state index contributed by atoms with van der Waals surface area (Å²) in [6.45, 7) is 0.529. The fourth-order valence-corrected chi connectivity index (χ4v) is 3.22. The first-order valence-corrected chi connectivity index (χ1v) is 9.03. The molecule has 2 aromatic rings. The third-order valence-electron chi connectivity index (χ3n) is 3.38. The van der Waals surface area contributed by atoms with Crippen LogP contribution in [0.5, 0.6) is 5.75 Å². The molecule has 0 bridgehead atoms. The first-order valence-electron chi connectivity index (χ1n) is 7.50. The van der Waals surface area contributed by atoms with Crippen molar-refractivity contribution in [2.75, 3.05) is 19.4 Å². The van der Waals surface area contributed by atoms with E-state index in [9.17, 15) is 9.18 Å². The Hall–Kier alpha value is -1.72. The van der Waals surface area contributed by atoms with Crippen LogP contribution in [0, 0.1) is 5.82 Å². The molecule has 0 radical (unpaired) electrons. The normalized spacial score (nSPS) is 10.5. The lowest BCUT2D eigenvalue weighted by Crippen LogP contribution is -2.27. The molecule has 24 heavy (non-hydrogen) atoms. The molecule has 6 heteroatoms. The Kier molecular flexibility index (Phi) is 7.40. The maximum absolute atomic E-state index is 13.5. The molecule has 3 nitrogen and oxygen atoms in total. The third-order valence-corrected chi connectivity index (χ3v) is 4.62. The summed E-state index contributed by atoms with van der Waals surface area (Å²) in [5, 5.41) is 3.42. The molecule has 128 valence electrons. The lowest BCUT2D eigenvalue weighted by molar-refractivity contribution is -0.120. The van der Waals surface area contributed by atoms with Gasteiger partial charge in [0.1, 0.15) is 11.6 Å². The van der Waals surface area contributed by atoms with E-state index in [4.69, 9.17) is 16.3 Å². The Labute approximate surface area is 150 Å². The zero-order valence-electron chi connectivity index (χ0n) is 13.4. The van der Waals surface area contributed by atoms with Crippen LogP contribution in [-0.4, -0.2) is 25.3 Å². The average molecular weight is 368 g/mol. The van der Waals surface area contributed by atoms with Gasteiger partial charge in [0.2, 0.25) is 5.91 Å². The first-order chi connectivity index (χ1) is 11.6. The molecule has 0 heterocycles. The Morgan fingerprint density at radius 3 is 2.79 bits per heavy atom. The second kappa shape index (κ2) is 9.55. The Balaban J connectivity index is 1.72. The molecule has 1 N–H and O–H groups in total. The molecule has 0 aliphatic heterocycles. The largest absolute Gasteiger partial charge is 0.496 e. The molecule has 1 amide bonds. The standard InChI is InChI=1S/C18H19ClFNO2S/c1-23-17-7-6-15(19)10-14(17)11-18(22)21-8-9-24-12-13-4-2-3-5-16(13)20/h2-7,10H,8-9,11-12H2,1H3,(H,21,22). The van der Waals surface area contributed by atoms with Crippen molar-refractivity contribution in [2.45, 2.75) is 12.2 Å². The summed E-state index contributed by atoms with van der Waals surface area (Å²) < 4.78 is 18.7. The van der Waals surface area contributed by atoms with E-state index in [0.29, 0.717) is 34.4 Å². The first kappa shape index (κ1) is 18.6. The summed E-state index contributed by atoms with van der Waals surface area (Å²) in [4.78, 5) is 12.0. The number of rotatable bonds is 8. The minimum atomic E-state index is -0.193. The fraction of sp³-hybridized carbons (Fsp3) is 0.278. The highest BCUT2D eigenvalue weighted by Gasteiger charge is 2.09. The fourth-order valence-electron chi connectivity index (χ4n) is 2.18. The minimum absolute atomic E-state index is 0.0953. The van der Waals surface area contributed by atoms with Crippen LogP contribution in [0.1, 0.15) is 11.1 Å². The number of benzene rings is 2. The molecule has 0 saturated heterocycles. The van der Waals surface area contributed by atoms with Gasteiger partial charge in [-0.15, -0.1) is 0 Å². The summed E-state index contributed by atoms with van der Waals surface area (Å²) in [6.07, 6.45) is 0.210. The van der Waals surface area contributed by atoms with Crippen LogP contribution >= 0.6 is 23.4 Å². The van der Waals surface area contributed by atoms with Crippen LogP contribution in [0.3, 0.4) is 0 Å². The summed E-state index contributed by atoms with van der Waals surface area (Å²) in [6, 6.07) is 11.9. The van der Waals surface area contributed by atoms with E-state index < -0.39 is 0 Å². The van der Waals surface area contributed by atoms with Gasteiger partial charge in [-0.2, -0.15) is 11.8 Å². The zero-order chi connectivity index (χ0) is 17.4. The highest BCUT2D eigenvalue weighted by Crippen LogP contribution is 2.23. The van der Waals surface area contributed by atoms with E-state index >= 15 is 0 Å². The van der Waals surface area contributed by atoms with Gasteiger partial charge in [-0.05, 0) is 29.8 Å². The number of methoxy groups -OCH3 is 1. The van der Waals surface area contributed by atoms with Crippen LogP contribution in [0.25, 0.3) is 0 Å². The van der Waals surface area contributed by atoms with E-state index in [1.165, 1.54) is 6.07 Å². The Morgan fingerprint density at radius 2 is 2.04 bits per heavy atom. The summed E-state index contributed by atoms with van der Waals surface area (Å²) >= 11 is 7.53. The third kappa shape index (κ3) is 5.73. The van der Waals surface area contributed by atoms with Gasteiger partial charge in [0.25, 0.3) is 0 Å². The average Bonchev–Trinajstić information content (AvgIpc) is 2.56. The van der Waals surface area contributed by atoms with Crippen molar-refractivity contribution in [1.29, 1.82) is 0 Å². The Bertz CT molecular complexity index is 696. The van der Waals surface area contributed by atoms with Crippen LogP contribution < -0.4 is 10.1 Å². The molecule has 0 aliphatic rings. The van der Waals surface area contributed by atoms with Crippen molar-refractivity contribution in [1.82, 2.24) is 5.32 Å². The maximum atomic E-state index is 13.5. The van der Waals surface area contributed by atoms with Crippen molar-refractivity contribution in [3.63, 3.8) is 0 Å². The molecular weight excluding hydrogens is 349 g/mol. The van der Waals surface area contributed by atoms with E-state index in [1.807, 2.05) is 6.07 Å². The number of nitrogens with one attached hydrogen (secondary N) is 1. The monoisotopic (exact) mass is 367 g/mol. The van der Waals surface area contributed by atoms with Crippen molar-refractivity contribution < 1.29 is 13.9 Å². The summed E-state index contributed by atoms with van der Waals surface area (Å²) in [5.74, 6) is 1.66. The van der Waals surface area contributed by atoms with Gasteiger partial charge >= 0.3 is 0 Å². The molecular formula is C18H19ClFNO2S. The molecule has 0 fully saturated rings. The number of ether oxygens (including phenoxy) is 1. The molecule has 0 saturated carbocycles. The van der Waals surface area contributed by atoms with Gasteiger partial charge in [-0.25, -0.2) is 4.39 Å². The van der Waals surface area contributed by atoms with Crippen LogP contribution in [-0.2, 0) is 17.0 Å². The SMILES string of the molecule is COc1ccc(Cl)cc1CC(=O)NCCSCc1ccccc1F. The van der Waals surface area contributed by atoms with Gasteiger partial charge < -0.3 is 10.1 Å². The summed E-state index contributed by atoms with van der Waals surface area (Å²) in [7, 11) is 1.56. The van der Waals surface area contributed by atoms with Gasteiger partial charge in [-0.3, -0.25) is 4.79 Å². The molecule has 0 unspecified atom stereocenters. The van der Waals surface area contributed by atoms with Gasteiger partial charge in [0.05, 0.1) is 13.5 Å². The molecule has 2 aromatic carbocycles. The van der Waals surface area contributed by atoms with Crippen LogP contribution in [0.15, 0.2) is 42.5 Å². The number of halogens is 2. The van der Waals surface area contributed by atoms with Crippen LogP contribution in [0.4, 0.5) is 4.39 Å². The number of thioether (sulfide) groups is 1. The Morgan fingerprint density at radius 1 is 1.25 bits per heavy atom. The molecule has 0 aromatic heterocycles. The number of amides is 1. The molecule has 0 aliphatic carbocycles.